The first-order valence-corrected chi connectivity index (χ1v) is 11.1. The van der Waals surface area contributed by atoms with Crippen molar-refractivity contribution >= 4 is 28.9 Å². The molecule has 3 aromatic rings. The van der Waals surface area contributed by atoms with Crippen molar-refractivity contribution in [1.82, 2.24) is 0 Å². The van der Waals surface area contributed by atoms with E-state index in [0.717, 1.165) is 4.88 Å². The summed E-state index contributed by atoms with van der Waals surface area (Å²) in [5.74, 6) is 1.18. The van der Waals surface area contributed by atoms with Crippen LogP contribution >= 0.6 is 11.3 Å². The normalized spacial score (nSPS) is 12.2. The van der Waals surface area contributed by atoms with Crippen molar-refractivity contribution in [3.63, 3.8) is 0 Å². The smallest absolute Gasteiger partial charge is 0.338 e. The number of carbonyl (C=O) groups excluding carboxylic acids is 2. The molecule has 8 heteroatoms. The molecule has 0 aliphatic carbocycles. The first kappa shape index (κ1) is 21.7. The van der Waals surface area contributed by atoms with Crippen molar-refractivity contribution < 1.29 is 28.5 Å². The second-order valence-corrected chi connectivity index (χ2v) is 7.95. The van der Waals surface area contributed by atoms with E-state index in [1.807, 2.05) is 35.7 Å². The third-order valence-corrected chi connectivity index (χ3v) is 5.62. The van der Waals surface area contributed by atoms with Crippen molar-refractivity contribution in [2.45, 2.75) is 13.5 Å². The molecule has 0 unspecified atom stereocenters. The first-order chi connectivity index (χ1) is 15.6. The largest absolute Gasteiger partial charge is 0.486 e. The fourth-order valence-corrected chi connectivity index (χ4v) is 3.90. The van der Waals surface area contributed by atoms with Gasteiger partial charge in [0.2, 0.25) is 0 Å². The number of anilines is 1. The average Bonchev–Trinajstić information content (AvgIpc) is 3.34. The van der Waals surface area contributed by atoms with Crippen LogP contribution in [0.1, 0.15) is 22.2 Å². The number of nitrogens with zero attached hydrogens (tertiary/aromatic N) is 1. The highest BCUT2D eigenvalue weighted by molar-refractivity contribution is 7.09. The fraction of sp³-hybridized carbons (Fsp3) is 0.250. The van der Waals surface area contributed by atoms with Crippen molar-refractivity contribution in [3.8, 4) is 17.2 Å². The summed E-state index contributed by atoms with van der Waals surface area (Å²) in [6, 6.07) is 15.9. The highest BCUT2D eigenvalue weighted by Gasteiger charge is 2.21. The SMILES string of the molecule is CCOC(=O)c1ccc(OCC(=O)N(Cc2cccs2)c2ccc3c(c2)OCCO3)cc1. The number of esters is 1. The number of hydrogen-bond donors (Lipinski definition) is 0. The summed E-state index contributed by atoms with van der Waals surface area (Å²) >= 11 is 1.58. The van der Waals surface area contributed by atoms with E-state index in [1.54, 1.807) is 47.4 Å². The zero-order chi connectivity index (χ0) is 22.3. The van der Waals surface area contributed by atoms with Gasteiger partial charge in [-0.15, -0.1) is 11.3 Å². The molecule has 2 heterocycles. The third kappa shape index (κ3) is 5.20. The van der Waals surface area contributed by atoms with Crippen molar-refractivity contribution in [2.75, 3.05) is 31.3 Å². The zero-order valence-corrected chi connectivity index (χ0v) is 18.4. The Balaban J connectivity index is 1.47. The maximum Gasteiger partial charge on any atom is 0.338 e. The predicted octanol–water partition coefficient (Wildman–Crippen LogP) is 4.31. The maximum atomic E-state index is 13.1. The summed E-state index contributed by atoms with van der Waals surface area (Å²) in [5.41, 5.74) is 1.13. The molecule has 1 aromatic heterocycles. The molecular weight excluding hydrogens is 430 g/mol. The lowest BCUT2D eigenvalue weighted by atomic mass is 10.2. The highest BCUT2D eigenvalue weighted by atomic mass is 32.1. The molecule has 32 heavy (non-hydrogen) atoms. The van der Waals surface area contributed by atoms with E-state index in [0.29, 0.717) is 54.9 Å². The Bertz CT molecular complexity index is 1060. The van der Waals surface area contributed by atoms with E-state index in [1.165, 1.54) is 0 Å². The standard InChI is InChI=1S/C24H23NO6S/c1-2-28-24(27)17-5-8-19(9-6-17)31-16-23(26)25(15-20-4-3-13-32-20)18-7-10-21-22(14-18)30-12-11-29-21/h3-10,13-14H,2,11-12,15-16H2,1H3. The predicted molar refractivity (Wildman–Crippen MR) is 121 cm³/mol. The Hall–Kier alpha value is -3.52. The summed E-state index contributed by atoms with van der Waals surface area (Å²) in [5, 5.41) is 1.98. The minimum absolute atomic E-state index is 0.154. The molecule has 0 radical (unpaired) electrons. The third-order valence-electron chi connectivity index (χ3n) is 4.76. The van der Waals surface area contributed by atoms with Gasteiger partial charge in [0.15, 0.2) is 18.1 Å². The summed E-state index contributed by atoms with van der Waals surface area (Å²) in [7, 11) is 0. The van der Waals surface area contributed by atoms with Gasteiger partial charge in [0.25, 0.3) is 5.91 Å². The topological polar surface area (TPSA) is 74.3 Å². The zero-order valence-electron chi connectivity index (χ0n) is 17.6. The molecule has 0 saturated heterocycles. The van der Waals surface area contributed by atoms with E-state index in [9.17, 15) is 9.59 Å². The highest BCUT2D eigenvalue weighted by Crippen LogP contribution is 2.34. The second kappa shape index (κ2) is 10.2. The van der Waals surface area contributed by atoms with Crippen LogP contribution in [0.15, 0.2) is 60.0 Å². The van der Waals surface area contributed by atoms with E-state index in [2.05, 4.69) is 0 Å². The van der Waals surface area contributed by atoms with Crippen LogP contribution in [0.3, 0.4) is 0 Å². The van der Waals surface area contributed by atoms with Crippen LogP contribution in [-0.2, 0) is 16.1 Å². The van der Waals surface area contributed by atoms with Crippen molar-refractivity contribution in [1.29, 1.82) is 0 Å². The quantitative estimate of drug-likeness (QED) is 0.473. The summed E-state index contributed by atoms with van der Waals surface area (Å²) < 4.78 is 21.9. The molecule has 0 N–H and O–H groups in total. The molecule has 0 fully saturated rings. The van der Waals surface area contributed by atoms with Gasteiger partial charge in [-0.1, -0.05) is 6.07 Å². The van der Waals surface area contributed by atoms with E-state index in [-0.39, 0.29) is 12.5 Å². The molecule has 1 amide bonds. The fourth-order valence-electron chi connectivity index (χ4n) is 3.21. The summed E-state index contributed by atoms with van der Waals surface area (Å²) in [4.78, 5) is 27.6. The van der Waals surface area contributed by atoms with Gasteiger partial charge in [0.1, 0.15) is 19.0 Å². The van der Waals surface area contributed by atoms with E-state index < -0.39 is 5.97 Å². The van der Waals surface area contributed by atoms with E-state index >= 15 is 0 Å². The number of benzene rings is 2. The lowest BCUT2D eigenvalue weighted by Gasteiger charge is -2.25. The van der Waals surface area contributed by atoms with Crippen molar-refractivity contribution in [3.05, 3.63) is 70.4 Å². The molecule has 1 aliphatic rings. The molecule has 1 aliphatic heterocycles. The molecule has 0 spiro atoms. The lowest BCUT2D eigenvalue weighted by molar-refractivity contribution is -0.120. The minimum Gasteiger partial charge on any atom is -0.486 e. The van der Waals surface area contributed by atoms with Crippen LogP contribution in [0.2, 0.25) is 0 Å². The minimum atomic E-state index is -0.393. The van der Waals surface area contributed by atoms with Gasteiger partial charge in [-0.3, -0.25) is 4.79 Å². The van der Waals surface area contributed by atoms with Gasteiger partial charge in [0, 0.05) is 16.6 Å². The van der Waals surface area contributed by atoms with Gasteiger partial charge in [0.05, 0.1) is 18.7 Å². The van der Waals surface area contributed by atoms with Gasteiger partial charge < -0.3 is 23.8 Å². The van der Waals surface area contributed by atoms with Crippen LogP contribution in [0.5, 0.6) is 17.2 Å². The Morgan fingerprint density at radius 2 is 1.81 bits per heavy atom. The number of carbonyl (C=O) groups is 2. The Morgan fingerprint density at radius 1 is 1.03 bits per heavy atom. The number of ether oxygens (including phenoxy) is 4. The van der Waals surface area contributed by atoms with Crippen LogP contribution in [-0.4, -0.2) is 38.3 Å². The van der Waals surface area contributed by atoms with Crippen LogP contribution in [0.4, 0.5) is 5.69 Å². The molecule has 0 saturated carbocycles. The Morgan fingerprint density at radius 3 is 2.53 bits per heavy atom. The van der Waals surface area contributed by atoms with Gasteiger partial charge in [-0.25, -0.2) is 4.79 Å². The number of amides is 1. The number of fused-ring (bicyclic) bond motifs is 1. The van der Waals surface area contributed by atoms with Crippen LogP contribution < -0.4 is 19.1 Å². The number of thiophene rings is 1. The van der Waals surface area contributed by atoms with E-state index in [4.69, 9.17) is 18.9 Å². The Kier molecular flexibility index (Phi) is 6.91. The van der Waals surface area contributed by atoms with Gasteiger partial charge >= 0.3 is 5.97 Å². The van der Waals surface area contributed by atoms with Crippen LogP contribution in [0.25, 0.3) is 0 Å². The summed E-state index contributed by atoms with van der Waals surface area (Å²) in [6.45, 7) is 3.31. The average molecular weight is 454 g/mol. The maximum absolute atomic E-state index is 13.1. The number of hydrogen-bond acceptors (Lipinski definition) is 7. The lowest BCUT2D eigenvalue weighted by Crippen LogP contribution is -2.34. The second-order valence-electron chi connectivity index (χ2n) is 6.92. The molecule has 4 rings (SSSR count). The molecule has 0 atom stereocenters. The van der Waals surface area contributed by atoms with Crippen LogP contribution in [0, 0.1) is 0 Å². The monoisotopic (exact) mass is 453 g/mol. The van der Waals surface area contributed by atoms with Gasteiger partial charge in [-0.05, 0) is 54.8 Å². The van der Waals surface area contributed by atoms with Gasteiger partial charge in [-0.2, -0.15) is 0 Å². The van der Waals surface area contributed by atoms with Crippen molar-refractivity contribution in [2.24, 2.45) is 0 Å². The molecule has 2 aromatic carbocycles. The molecule has 7 nitrogen and oxygen atoms in total. The molecular formula is C24H23NO6S. The Labute approximate surface area is 190 Å². The summed E-state index contributed by atoms with van der Waals surface area (Å²) in [6.07, 6.45) is 0. The first-order valence-electron chi connectivity index (χ1n) is 10.3. The number of rotatable bonds is 8. The molecule has 166 valence electrons. The molecule has 0 bridgehead atoms.